The molecule has 0 saturated carbocycles. The van der Waals surface area contributed by atoms with Crippen LogP contribution in [0.1, 0.15) is 39.5 Å². The van der Waals surface area contributed by atoms with E-state index in [1.807, 2.05) is 4.90 Å². The van der Waals surface area contributed by atoms with Crippen LogP contribution in [0.3, 0.4) is 0 Å². The predicted octanol–water partition coefficient (Wildman–Crippen LogP) is 1.31. The maximum atomic E-state index is 12.1. The van der Waals surface area contributed by atoms with Crippen molar-refractivity contribution in [2.24, 2.45) is 5.73 Å². The van der Waals surface area contributed by atoms with E-state index in [9.17, 15) is 9.59 Å². The van der Waals surface area contributed by atoms with E-state index in [0.29, 0.717) is 5.75 Å². The lowest BCUT2D eigenvalue weighted by molar-refractivity contribution is -0.139. The minimum atomic E-state index is -1.03. The van der Waals surface area contributed by atoms with Crippen LogP contribution in [0.2, 0.25) is 0 Å². The maximum absolute atomic E-state index is 12.1. The molecular formula is C13H24N2O3S. The van der Waals surface area contributed by atoms with E-state index in [1.165, 1.54) is 24.6 Å². The molecule has 1 saturated heterocycles. The van der Waals surface area contributed by atoms with Crippen LogP contribution in [-0.4, -0.2) is 51.5 Å². The molecule has 0 aromatic rings. The predicted molar refractivity (Wildman–Crippen MR) is 77.2 cm³/mol. The Labute approximate surface area is 118 Å². The van der Waals surface area contributed by atoms with Crippen LogP contribution in [0.25, 0.3) is 0 Å². The lowest BCUT2D eigenvalue weighted by Gasteiger charge is -2.29. The van der Waals surface area contributed by atoms with Crippen LogP contribution in [0.4, 0.5) is 0 Å². The van der Waals surface area contributed by atoms with E-state index in [4.69, 9.17) is 10.8 Å². The van der Waals surface area contributed by atoms with Crippen LogP contribution in [0.15, 0.2) is 0 Å². The van der Waals surface area contributed by atoms with Crippen molar-refractivity contribution < 1.29 is 14.7 Å². The molecule has 5 nitrogen and oxygen atoms in total. The second-order valence-electron chi connectivity index (χ2n) is 5.50. The Morgan fingerprint density at radius 1 is 1.26 bits per heavy atom. The highest BCUT2D eigenvalue weighted by atomic mass is 32.2. The first-order valence-corrected chi connectivity index (χ1v) is 7.73. The number of aliphatic carboxylic acids is 1. The van der Waals surface area contributed by atoms with Crippen LogP contribution in [0, 0.1) is 0 Å². The molecule has 6 heteroatoms. The molecule has 0 aromatic heterocycles. The average Bonchev–Trinajstić information content (AvgIpc) is 2.63. The van der Waals surface area contributed by atoms with Gasteiger partial charge >= 0.3 is 5.97 Å². The van der Waals surface area contributed by atoms with Crippen molar-refractivity contribution in [3.63, 3.8) is 0 Å². The van der Waals surface area contributed by atoms with Gasteiger partial charge in [0.15, 0.2) is 0 Å². The second-order valence-corrected chi connectivity index (χ2v) is 7.13. The van der Waals surface area contributed by atoms with Gasteiger partial charge in [0.05, 0.1) is 5.75 Å². The first-order chi connectivity index (χ1) is 8.84. The Balaban J connectivity index is 2.46. The number of rotatable bonds is 5. The molecule has 1 fully saturated rings. The molecule has 0 bridgehead atoms. The molecule has 1 amide bonds. The van der Waals surface area contributed by atoms with Gasteiger partial charge in [-0.1, -0.05) is 12.8 Å². The number of thioether (sulfide) groups is 1. The number of hydrogen-bond donors (Lipinski definition) is 2. The quantitative estimate of drug-likeness (QED) is 0.797. The summed E-state index contributed by atoms with van der Waals surface area (Å²) >= 11 is 1.33. The maximum Gasteiger partial charge on any atom is 0.321 e. The standard InChI is InChI=1S/C13H24N2O3S/c1-13(2,11(14)12(17)18)19-9-10(16)15-7-5-3-4-6-8-15/h11H,3-9,14H2,1-2H3,(H,17,18)/t11-/m0/s1. The van der Waals surface area contributed by atoms with Crippen LogP contribution < -0.4 is 5.73 Å². The minimum absolute atomic E-state index is 0.0950. The molecule has 1 rings (SSSR count). The third-order valence-electron chi connectivity index (χ3n) is 3.54. The largest absolute Gasteiger partial charge is 0.480 e. The zero-order valence-corrected chi connectivity index (χ0v) is 12.5. The van der Waals surface area contributed by atoms with Crippen LogP contribution in [-0.2, 0) is 9.59 Å². The number of carboxylic acid groups (broad SMARTS) is 1. The molecule has 0 unspecified atom stereocenters. The summed E-state index contributed by atoms with van der Waals surface area (Å²) in [6.07, 6.45) is 4.50. The minimum Gasteiger partial charge on any atom is -0.480 e. The molecule has 0 radical (unpaired) electrons. The zero-order chi connectivity index (χ0) is 14.5. The Bertz CT molecular complexity index is 326. The van der Waals surface area contributed by atoms with Crippen LogP contribution >= 0.6 is 11.8 Å². The van der Waals surface area contributed by atoms with Crippen LogP contribution in [0.5, 0.6) is 0 Å². The normalized spacial score (nSPS) is 18.8. The molecule has 19 heavy (non-hydrogen) atoms. The van der Waals surface area contributed by atoms with E-state index >= 15 is 0 Å². The number of nitrogens with zero attached hydrogens (tertiary/aromatic N) is 1. The van der Waals surface area contributed by atoms with Crippen molar-refractivity contribution in [1.29, 1.82) is 0 Å². The summed E-state index contributed by atoms with van der Waals surface area (Å²) in [7, 11) is 0. The molecule has 3 N–H and O–H groups in total. The number of carbonyl (C=O) groups is 2. The Morgan fingerprint density at radius 3 is 2.26 bits per heavy atom. The van der Waals surface area contributed by atoms with Crippen molar-refractivity contribution >= 4 is 23.6 Å². The zero-order valence-electron chi connectivity index (χ0n) is 11.7. The van der Waals surface area contributed by atoms with Crippen molar-refractivity contribution in [3.05, 3.63) is 0 Å². The van der Waals surface area contributed by atoms with Crippen molar-refractivity contribution in [2.75, 3.05) is 18.8 Å². The Kier molecular flexibility index (Phi) is 6.13. The van der Waals surface area contributed by atoms with E-state index in [0.717, 1.165) is 25.9 Å². The van der Waals surface area contributed by atoms with Gasteiger partial charge in [-0.25, -0.2) is 0 Å². The Morgan fingerprint density at radius 2 is 1.79 bits per heavy atom. The molecule has 1 aliphatic heterocycles. The summed E-state index contributed by atoms with van der Waals surface area (Å²) in [6.45, 7) is 5.19. The topological polar surface area (TPSA) is 83.6 Å². The second kappa shape index (κ2) is 7.14. The molecule has 1 heterocycles. The van der Waals surface area contributed by atoms with Crippen molar-refractivity contribution in [3.8, 4) is 0 Å². The number of amides is 1. The molecule has 0 aromatic carbocycles. The number of nitrogens with two attached hydrogens (primary N) is 1. The van der Waals surface area contributed by atoms with Gasteiger partial charge in [0.2, 0.25) is 5.91 Å². The summed E-state index contributed by atoms with van der Waals surface area (Å²) in [6, 6.07) is -0.963. The number of likely N-dealkylation sites (tertiary alicyclic amines) is 1. The van der Waals surface area contributed by atoms with Gasteiger partial charge in [-0.2, -0.15) is 0 Å². The summed E-state index contributed by atoms with van der Waals surface area (Å²) in [4.78, 5) is 24.9. The Hall–Kier alpha value is -0.750. The van der Waals surface area contributed by atoms with E-state index < -0.39 is 16.8 Å². The number of carbonyl (C=O) groups excluding carboxylic acids is 1. The molecule has 0 aliphatic carbocycles. The highest BCUT2D eigenvalue weighted by molar-refractivity contribution is 8.01. The lowest BCUT2D eigenvalue weighted by Crippen LogP contribution is -2.47. The smallest absolute Gasteiger partial charge is 0.321 e. The molecule has 1 aliphatic rings. The summed E-state index contributed by atoms with van der Waals surface area (Å²) in [5, 5.41) is 8.94. The lowest BCUT2D eigenvalue weighted by atomic mass is 10.1. The molecular weight excluding hydrogens is 264 g/mol. The van der Waals surface area contributed by atoms with E-state index in [1.54, 1.807) is 13.8 Å². The SMILES string of the molecule is CC(C)(SCC(=O)N1CCCCCC1)[C@@H](N)C(=O)O. The third-order valence-corrected chi connectivity index (χ3v) is 4.93. The van der Waals surface area contributed by atoms with Gasteiger partial charge in [-0.3, -0.25) is 9.59 Å². The monoisotopic (exact) mass is 288 g/mol. The first kappa shape index (κ1) is 16.3. The van der Waals surface area contributed by atoms with E-state index in [-0.39, 0.29) is 5.91 Å². The summed E-state index contributed by atoms with van der Waals surface area (Å²) in [5.74, 6) is -0.633. The average molecular weight is 288 g/mol. The number of carboxylic acids is 1. The first-order valence-electron chi connectivity index (χ1n) is 6.74. The van der Waals surface area contributed by atoms with Gasteiger partial charge in [-0.05, 0) is 26.7 Å². The summed E-state index contributed by atoms with van der Waals surface area (Å²) < 4.78 is -0.645. The summed E-state index contributed by atoms with van der Waals surface area (Å²) in [5.41, 5.74) is 5.64. The fraction of sp³-hybridized carbons (Fsp3) is 0.846. The highest BCUT2D eigenvalue weighted by Gasteiger charge is 2.33. The van der Waals surface area contributed by atoms with Crippen molar-refractivity contribution in [1.82, 2.24) is 4.90 Å². The van der Waals surface area contributed by atoms with Gasteiger partial charge in [0.1, 0.15) is 6.04 Å². The molecule has 0 spiro atoms. The van der Waals surface area contributed by atoms with Gasteiger partial charge in [0.25, 0.3) is 0 Å². The fourth-order valence-corrected chi connectivity index (χ4v) is 3.00. The van der Waals surface area contributed by atoms with E-state index in [2.05, 4.69) is 0 Å². The van der Waals surface area contributed by atoms with Gasteiger partial charge < -0.3 is 15.7 Å². The highest BCUT2D eigenvalue weighted by Crippen LogP contribution is 2.28. The van der Waals surface area contributed by atoms with Crippen molar-refractivity contribution in [2.45, 2.75) is 50.3 Å². The van der Waals surface area contributed by atoms with Gasteiger partial charge in [0, 0.05) is 17.8 Å². The fourth-order valence-electron chi connectivity index (χ4n) is 2.05. The molecule has 110 valence electrons. The number of hydrogen-bond acceptors (Lipinski definition) is 4. The molecule has 1 atom stereocenters. The van der Waals surface area contributed by atoms with Gasteiger partial charge in [-0.15, -0.1) is 11.8 Å². The third kappa shape index (κ3) is 5.03.